The van der Waals surface area contributed by atoms with Crippen molar-refractivity contribution in [2.45, 2.75) is 160 Å². The molecule has 14 aromatic rings. The highest BCUT2D eigenvalue weighted by atomic mass is 35.5. The third-order valence-corrected chi connectivity index (χ3v) is 27.4. The number of esters is 4. The Morgan fingerprint density at radius 1 is 0.383 bits per heavy atom. The minimum absolute atomic E-state index is 0.0802. The number of nitrogens with zero attached hydrogens (tertiary/aromatic N) is 2. The number of rotatable bonds is 33. The van der Waals surface area contributed by atoms with Gasteiger partial charge in [0.2, 0.25) is 0 Å². The lowest BCUT2D eigenvalue weighted by Gasteiger charge is -2.24. The molecule has 760 valence electrons. The molecule has 0 bridgehead atoms. The van der Waals surface area contributed by atoms with Crippen molar-refractivity contribution in [3.05, 3.63) is 377 Å². The van der Waals surface area contributed by atoms with Crippen molar-refractivity contribution in [3.8, 4) is 11.3 Å². The number of carbonyl (C=O) groups is 12. The molecule has 4 aliphatic carbocycles. The van der Waals surface area contributed by atoms with Gasteiger partial charge in [-0.1, -0.05) is 222 Å². The summed E-state index contributed by atoms with van der Waals surface area (Å²) in [5.41, 5.74) is 16.9. The van der Waals surface area contributed by atoms with Gasteiger partial charge in [0.05, 0.1) is 119 Å². The number of hydrogen-bond acceptors (Lipinski definition) is 25. The molecular formula is C121H116Cl2N10O16. The third-order valence-electron chi connectivity index (χ3n) is 26.8. The minimum Gasteiger partial charge on any atom is -0.462 e. The zero-order valence-corrected chi connectivity index (χ0v) is 86.7. The summed E-state index contributed by atoms with van der Waals surface area (Å²) in [5, 5.41) is 26.6. The van der Waals surface area contributed by atoms with Crippen molar-refractivity contribution >= 4 is 173 Å². The Morgan fingerprint density at radius 2 is 0.752 bits per heavy atom. The molecule has 8 N–H and O–H groups in total. The van der Waals surface area contributed by atoms with Gasteiger partial charge in [-0.25, -0.2) is 9.97 Å². The summed E-state index contributed by atoms with van der Waals surface area (Å²) in [6.45, 7) is 24.1. The average molecular weight is 2040 g/mol. The fourth-order valence-corrected chi connectivity index (χ4v) is 17.6. The largest absolute Gasteiger partial charge is 0.462 e. The Bertz CT molecular complexity index is 7570. The predicted octanol–water partition coefficient (Wildman–Crippen LogP) is 26.3. The second kappa shape index (κ2) is 47.3. The van der Waals surface area contributed by atoms with Crippen LogP contribution in [0.5, 0.6) is 0 Å². The molecule has 0 radical (unpaired) electrons. The summed E-state index contributed by atoms with van der Waals surface area (Å²) >= 11 is 12.5. The van der Waals surface area contributed by atoms with Crippen molar-refractivity contribution in [1.29, 1.82) is 0 Å². The van der Waals surface area contributed by atoms with Crippen LogP contribution in [0.2, 0.25) is 10.0 Å². The number of ketones is 7. The first kappa shape index (κ1) is 107. The van der Waals surface area contributed by atoms with Gasteiger partial charge in [-0.15, -0.1) is 0 Å². The van der Waals surface area contributed by atoms with Crippen molar-refractivity contribution in [2.24, 2.45) is 10.8 Å². The molecule has 149 heavy (non-hydrogen) atoms. The van der Waals surface area contributed by atoms with E-state index >= 15 is 0 Å². The monoisotopic (exact) mass is 2030 g/mol. The maximum Gasteiger partial charge on any atom is 0.325 e. The lowest BCUT2D eigenvalue weighted by atomic mass is 9.82. The van der Waals surface area contributed by atoms with Crippen molar-refractivity contribution in [3.63, 3.8) is 0 Å². The highest BCUT2D eigenvalue weighted by Gasteiger charge is 2.40. The number of fused-ring (bicyclic) bond motifs is 8. The van der Waals surface area contributed by atoms with E-state index in [0.29, 0.717) is 158 Å². The fourth-order valence-electron chi connectivity index (χ4n) is 17.2. The van der Waals surface area contributed by atoms with E-state index < -0.39 is 22.7 Å². The van der Waals surface area contributed by atoms with Gasteiger partial charge in [0.15, 0.2) is 40.5 Å². The second-order valence-electron chi connectivity index (χ2n) is 38.0. The Kier molecular flexibility index (Phi) is 33.9. The first-order valence-electron chi connectivity index (χ1n) is 49.7. The van der Waals surface area contributed by atoms with Crippen LogP contribution in [0.15, 0.2) is 261 Å². The maximum absolute atomic E-state index is 13.9. The molecule has 18 rings (SSSR count). The van der Waals surface area contributed by atoms with E-state index in [0.717, 1.165) is 78.0 Å². The Morgan fingerprint density at radius 3 is 1.17 bits per heavy atom. The molecular weight excluding hydrogens is 1920 g/mol. The molecule has 1 amide bonds. The predicted molar refractivity (Wildman–Crippen MR) is 585 cm³/mol. The average Bonchev–Trinajstić information content (AvgIpc) is 0.718. The molecule has 0 spiro atoms. The highest BCUT2D eigenvalue weighted by molar-refractivity contribution is 6.38. The number of amides is 1. The van der Waals surface area contributed by atoms with Gasteiger partial charge < -0.3 is 61.5 Å². The van der Waals surface area contributed by atoms with E-state index in [9.17, 15) is 57.5 Å². The number of nitrogens with one attached hydrogen (secondary N) is 8. The number of unbranched alkanes of at least 4 members (excludes halogenated alkanes) is 2. The fraction of sp³-hybridized carbons (Fsp3) is 0.240. The first-order valence-corrected chi connectivity index (χ1v) is 50.5. The minimum atomic E-state index is -0.550. The number of aromatic nitrogens is 2. The lowest BCUT2D eigenvalue weighted by molar-refractivity contribution is -0.156. The first-order chi connectivity index (χ1) is 71.6. The number of halogens is 2. The molecule has 4 aliphatic rings. The standard InChI is InChI=1S/C35H28Cl2N4O4.C34H32N2O4.C27H26N2O4.C25H30N2O4/c1-4-35(2,3)34(44)45-17-19-9-12-21(13-10-19)40-27-16-26(41-33(43)24-15-20(36)11-14-25(24)37)28-29-30(38-18-39-31(27)29)22-7-5-6-8-23(22)32(28)42;1-5-34(3,4)33(39)40-20-22-12-16-24(17-13-22)36-28-19-18-27(35-23-14-10-21(2)11-15-23)29-30(28)32(38)26-9-7-6-8-25(26)31(29)37;1-4-16(2)33-23(30)15-17-9-11-18(12-10-17)29-22-14-13-21(28-3)24-25(22)27(32)20-8-6-5-7-19(20)26(24)31;1-4-6-9-14-26-19-12-13-20(27-15-21(28)31-16(3)5-2)23-22(19)24(29)17-10-7-8-11-18(17)25(23)30/h5-16,18,40H,4,17H2,1-3H3,(H,41,43);6-19,35-36H,5,20H2,1-4H3;5-14,16,28-29H,4,15H2,1-3H3;7-8,10-13,16,26-27H,4-6,9,14-15H2,1-3H3. The van der Waals surface area contributed by atoms with Crippen LogP contribution in [0, 0.1) is 17.8 Å². The second-order valence-corrected chi connectivity index (χ2v) is 38.8. The molecule has 2 atom stereocenters. The third kappa shape index (κ3) is 24.1. The molecule has 0 fully saturated rings. The van der Waals surface area contributed by atoms with Crippen molar-refractivity contribution in [2.75, 3.05) is 62.7 Å². The van der Waals surface area contributed by atoms with Crippen LogP contribution in [0.4, 0.5) is 68.2 Å². The van der Waals surface area contributed by atoms with Crippen molar-refractivity contribution in [1.82, 2.24) is 9.97 Å². The van der Waals surface area contributed by atoms with Crippen molar-refractivity contribution < 1.29 is 76.5 Å². The SMILES string of the molecule is CCC(C)(C)C(=O)OCc1ccc(Nc2cc(NC(=O)c3cc(Cl)ccc3Cl)c3c4c(ncnc24)-c2ccccc2C3=O)cc1.CCC(C)(C)C(=O)OCc1ccc(Nc2ccc(Nc3ccc(C)cc3)c3c2C(=O)c2ccccc2C3=O)cc1.CCC(C)OC(=O)Cc1ccc(Nc2ccc(NC)c3c2C(=O)c2ccccc2C3=O)cc1.CCCCCNc1ccc(NCC(=O)OC(C)CC)c2c1C(=O)c1ccccc1C2=O. The van der Waals surface area contributed by atoms with Crippen LogP contribution < -0.4 is 42.5 Å². The Balaban J connectivity index is 0.000000150. The topological polar surface area (TPSA) is 364 Å². The summed E-state index contributed by atoms with van der Waals surface area (Å²) in [6, 6.07) is 75.1. The number of carbonyl (C=O) groups excluding carboxylic acids is 12. The summed E-state index contributed by atoms with van der Waals surface area (Å²) < 4.78 is 21.7. The van der Waals surface area contributed by atoms with Gasteiger partial charge in [-0.2, -0.15) is 0 Å². The number of anilines is 12. The van der Waals surface area contributed by atoms with E-state index in [1.807, 2.05) is 197 Å². The lowest BCUT2D eigenvalue weighted by Crippen LogP contribution is -2.26. The molecule has 1 aromatic heterocycles. The van der Waals surface area contributed by atoms with Gasteiger partial charge in [-0.05, 0) is 206 Å². The number of aryl methyl sites for hydroxylation is 1. The number of ether oxygens (including phenoxy) is 4. The quantitative estimate of drug-likeness (QED) is 0.0108. The molecule has 0 saturated heterocycles. The van der Waals surface area contributed by atoms with Crippen LogP contribution in [-0.4, -0.2) is 113 Å². The summed E-state index contributed by atoms with van der Waals surface area (Å²) in [5.74, 6) is -3.11. The molecule has 28 heteroatoms. The van der Waals surface area contributed by atoms with Crippen LogP contribution in [0.25, 0.3) is 22.2 Å². The molecule has 13 aromatic carbocycles. The van der Waals surface area contributed by atoms with Gasteiger partial charge in [0, 0.05) is 108 Å². The van der Waals surface area contributed by atoms with Gasteiger partial charge >= 0.3 is 23.9 Å². The van der Waals surface area contributed by atoms with Gasteiger partial charge in [-0.3, -0.25) is 57.5 Å². The van der Waals surface area contributed by atoms with Crippen LogP contribution in [0.3, 0.4) is 0 Å². The van der Waals surface area contributed by atoms with Crippen LogP contribution >= 0.6 is 23.2 Å². The van der Waals surface area contributed by atoms with Crippen LogP contribution in [0.1, 0.15) is 265 Å². The zero-order chi connectivity index (χ0) is 106. The smallest absolute Gasteiger partial charge is 0.325 e. The molecule has 0 saturated carbocycles. The maximum atomic E-state index is 13.9. The molecule has 2 unspecified atom stereocenters. The normalized spacial score (nSPS) is 12.6. The van der Waals surface area contributed by atoms with E-state index in [-0.39, 0.29) is 119 Å². The highest BCUT2D eigenvalue weighted by Crippen LogP contribution is 2.47. The van der Waals surface area contributed by atoms with Crippen LogP contribution in [-0.2, 0) is 57.8 Å². The summed E-state index contributed by atoms with van der Waals surface area (Å²) in [7, 11) is 1.73. The van der Waals surface area contributed by atoms with E-state index in [2.05, 4.69) is 59.4 Å². The zero-order valence-electron chi connectivity index (χ0n) is 85.1. The summed E-state index contributed by atoms with van der Waals surface area (Å²) in [4.78, 5) is 166. The van der Waals surface area contributed by atoms with E-state index in [1.165, 1.54) is 12.4 Å². The number of hydrogen-bond donors (Lipinski definition) is 8. The molecule has 0 aliphatic heterocycles. The van der Waals surface area contributed by atoms with E-state index in [4.69, 9.17) is 42.1 Å². The Hall–Kier alpha value is -16.6. The van der Waals surface area contributed by atoms with E-state index in [1.54, 1.807) is 134 Å². The Labute approximate surface area is 875 Å². The van der Waals surface area contributed by atoms with Gasteiger partial charge in [0.1, 0.15) is 26.1 Å². The molecule has 26 nitrogen and oxygen atoms in total. The summed E-state index contributed by atoms with van der Waals surface area (Å²) in [6.07, 6.45) is 7.42. The molecule has 1 heterocycles. The van der Waals surface area contributed by atoms with Gasteiger partial charge in [0.25, 0.3) is 5.91 Å². The number of benzene rings is 13.